The van der Waals surface area contributed by atoms with Crippen molar-refractivity contribution < 1.29 is 4.79 Å². The van der Waals surface area contributed by atoms with Crippen molar-refractivity contribution in [2.24, 2.45) is 23.5 Å². The molecule has 2 aliphatic carbocycles. The second-order valence-corrected chi connectivity index (χ2v) is 6.01. The van der Waals surface area contributed by atoms with Crippen molar-refractivity contribution in [1.82, 2.24) is 9.97 Å². The van der Waals surface area contributed by atoms with Crippen LogP contribution in [-0.4, -0.2) is 21.9 Å². The number of anilines is 1. The van der Waals surface area contributed by atoms with Crippen LogP contribution in [0.3, 0.4) is 0 Å². The van der Waals surface area contributed by atoms with Crippen LogP contribution >= 0.6 is 23.2 Å². The zero-order valence-electron chi connectivity index (χ0n) is 10.1. The lowest BCUT2D eigenvalue weighted by Crippen LogP contribution is -2.42. The average Bonchev–Trinajstić information content (AvgIpc) is 2.94. The molecule has 0 unspecified atom stereocenters. The third-order valence-corrected chi connectivity index (χ3v) is 4.72. The van der Waals surface area contributed by atoms with Gasteiger partial charge in [0.2, 0.25) is 11.2 Å². The Hall–Kier alpha value is -1.07. The second kappa shape index (κ2) is 4.80. The van der Waals surface area contributed by atoms with Gasteiger partial charge in [0.05, 0.1) is 12.1 Å². The SMILES string of the molecule is NC(=O)[C@@H]1[C@H]2CC[C@H](C2)[C@@H]1Nc1nc(Cl)ncc1Cl. The molecule has 0 aromatic carbocycles. The predicted octanol–water partition coefficient (Wildman–Crippen LogP) is 2.10. The number of carbonyl (C=O) groups is 1. The molecular weight excluding hydrogens is 287 g/mol. The molecule has 1 aromatic heterocycles. The number of fused-ring (bicyclic) bond motifs is 2. The highest BCUT2D eigenvalue weighted by Gasteiger charge is 2.50. The lowest BCUT2D eigenvalue weighted by molar-refractivity contribution is -0.123. The first-order chi connectivity index (χ1) is 9.06. The molecule has 3 N–H and O–H groups in total. The van der Waals surface area contributed by atoms with Crippen molar-refractivity contribution in [3.05, 3.63) is 16.5 Å². The molecule has 4 atom stereocenters. The smallest absolute Gasteiger partial charge is 0.224 e. The zero-order valence-corrected chi connectivity index (χ0v) is 11.7. The molecule has 2 aliphatic rings. The van der Waals surface area contributed by atoms with Crippen molar-refractivity contribution in [3.63, 3.8) is 0 Å². The lowest BCUT2D eigenvalue weighted by atomic mass is 9.84. The molecule has 2 fully saturated rings. The first-order valence-corrected chi connectivity index (χ1v) is 7.05. The zero-order chi connectivity index (χ0) is 13.6. The summed E-state index contributed by atoms with van der Waals surface area (Å²) in [6.07, 6.45) is 4.69. The molecule has 7 heteroatoms. The monoisotopic (exact) mass is 300 g/mol. The van der Waals surface area contributed by atoms with Crippen molar-refractivity contribution in [2.75, 3.05) is 5.32 Å². The van der Waals surface area contributed by atoms with Gasteiger partial charge in [-0.05, 0) is 42.7 Å². The summed E-state index contributed by atoms with van der Waals surface area (Å²) >= 11 is 11.8. The van der Waals surface area contributed by atoms with Crippen LogP contribution in [0.5, 0.6) is 0 Å². The van der Waals surface area contributed by atoms with E-state index in [0.29, 0.717) is 22.7 Å². The highest BCUT2D eigenvalue weighted by atomic mass is 35.5. The van der Waals surface area contributed by atoms with E-state index in [1.165, 1.54) is 6.20 Å². The minimum Gasteiger partial charge on any atom is -0.369 e. The van der Waals surface area contributed by atoms with Gasteiger partial charge in [0.15, 0.2) is 0 Å². The van der Waals surface area contributed by atoms with Crippen LogP contribution in [0.15, 0.2) is 6.20 Å². The van der Waals surface area contributed by atoms with Crippen molar-refractivity contribution in [2.45, 2.75) is 25.3 Å². The number of aromatic nitrogens is 2. The summed E-state index contributed by atoms with van der Waals surface area (Å²) in [5.74, 6) is 0.915. The van der Waals surface area contributed by atoms with Crippen molar-refractivity contribution in [1.29, 1.82) is 0 Å². The maximum Gasteiger partial charge on any atom is 0.224 e. The Morgan fingerprint density at radius 2 is 2.11 bits per heavy atom. The molecule has 0 radical (unpaired) electrons. The van der Waals surface area contributed by atoms with E-state index >= 15 is 0 Å². The molecule has 5 nitrogen and oxygen atoms in total. The van der Waals surface area contributed by atoms with Crippen molar-refractivity contribution in [3.8, 4) is 0 Å². The average molecular weight is 301 g/mol. The van der Waals surface area contributed by atoms with Crippen LogP contribution < -0.4 is 11.1 Å². The Bertz CT molecular complexity index is 524. The van der Waals surface area contributed by atoms with Gasteiger partial charge in [-0.25, -0.2) is 4.98 Å². The summed E-state index contributed by atoms with van der Waals surface area (Å²) in [5.41, 5.74) is 5.53. The van der Waals surface area contributed by atoms with Gasteiger partial charge >= 0.3 is 0 Å². The minimum absolute atomic E-state index is 0.000262. The van der Waals surface area contributed by atoms with Gasteiger partial charge in [0.25, 0.3) is 0 Å². The van der Waals surface area contributed by atoms with E-state index in [4.69, 9.17) is 28.9 Å². The number of hydrogen-bond donors (Lipinski definition) is 2. The van der Waals surface area contributed by atoms with Crippen LogP contribution in [0, 0.1) is 17.8 Å². The Morgan fingerprint density at radius 3 is 2.84 bits per heavy atom. The van der Waals surface area contributed by atoms with Gasteiger partial charge in [-0.1, -0.05) is 11.6 Å². The first kappa shape index (κ1) is 12.9. The molecule has 1 heterocycles. The number of nitrogens with one attached hydrogen (secondary N) is 1. The third kappa shape index (κ3) is 2.25. The highest BCUT2D eigenvalue weighted by Crippen LogP contribution is 2.49. The fraction of sp³-hybridized carbons (Fsp3) is 0.583. The van der Waals surface area contributed by atoms with Crippen LogP contribution in [0.2, 0.25) is 10.3 Å². The van der Waals surface area contributed by atoms with Crippen LogP contribution in [-0.2, 0) is 4.79 Å². The van der Waals surface area contributed by atoms with E-state index in [1.54, 1.807) is 0 Å². The Labute approximate surface area is 120 Å². The standard InChI is InChI=1S/C12H14Cl2N4O/c13-7-4-16-12(14)18-11(7)17-9-6-2-1-5(3-6)8(9)10(15)19/h4-6,8-9H,1-3H2,(H2,15,19)(H,16,17,18)/t5-,6+,8+,9-/m0/s1. The molecule has 0 saturated heterocycles. The van der Waals surface area contributed by atoms with E-state index in [2.05, 4.69) is 15.3 Å². The van der Waals surface area contributed by atoms with Crippen molar-refractivity contribution >= 4 is 34.9 Å². The van der Waals surface area contributed by atoms with Crippen LogP contribution in [0.1, 0.15) is 19.3 Å². The lowest BCUT2D eigenvalue weighted by Gasteiger charge is -2.30. The topological polar surface area (TPSA) is 80.9 Å². The summed E-state index contributed by atoms with van der Waals surface area (Å²) in [6, 6.07) is -0.000262. The summed E-state index contributed by atoms with van der Waals surface area (Å²) in [5, 5.41) is 3.77. The third-order valence-electron chi connectivity index (χ3n) is 4.26. The van der Waals surface area contributed by atoms with Gasteiger partial charge in [0, 0.05) is 6.04 Å². The summed E-state index contributed by atoms with van der Waals surface area (Å²) in [6.45, 7) is 0. The maximum absolute atomic E-state index is 11.6. The molecule has 19 heavy (non-hydrogen) atoms. The highest BCUT2D eigenvalue weighted by molar-refractivity contribution is 6.33. The number of rotatable bonds is 3. The van der Waals surface area contributed by atoms with Crippen LogP contribution in [0.25, 0.3) is 0 Å². The van der Waals surface area contributed by atoms with E-state index < -0.39 is 0 Å². The second-order valence-electron chi connectivity index (χ2n) is 5.27. The number of nitrogens with zero attached hydrogens (tertiary/aromatic N) is 2. The van der Waals surface area contributed by atoms with E-state index in [-0.39, 0.29) is 23.2 Å². The molecule has 3 rings (SSSR count). The normalized spacial score (nSPS) is 32.5. The molecule has 2 saturated carbocycles. The van der Waals surface area contributed by atoms with E-state index in [9.17, 15) is 4.79 Å². The fourth-order valence-corrected chi connectivity index (χ4v) is 3.79. The summed E-state index contributed by atoms with van der Waals surface area (Å²) in [7, 11) is 0. The predicted molar refractivity (Wildman–Crippen MR) is 73.0 cm³/mol. The number of amides is 1. The van der Waals surface area contributed by atoms with E-state index in [1.807, 2.05) is 0 Å². The van der Waals surface area contributed by atoms with E-state index in [0.717, 1.165) is 19.3 Å². The largest absolute Gasteiger partial charge is 0.369 e. The molecule has 0 aliphatic heterocycles. The molecule has 1 aromatic rings. The summed E-state index contributed by atoms with van der Waals surface area (Å²) in [4.78, 5) is 19.5. The fourth-order valence-electron chi connectivity index (χ4n) is 3.51. The Balaban J connectivity index is 1.85. The number of primary amides is 1. The molecule has 102 valence electrons. The van der Waals surface area contributed by atoms with Gasteiger partial charge in [-0.2, -0.15) is 4.98 Å². The molecule has 2 bridgehead atoms. The quantitative estimate of drug-likeness (QED) is 0.838. The Morgan fingerprint density at radius 1 is 1.37 bits per heavy atom. The summed E-state index contributed by atoms with van der Waals surface area (Å²) < 4.78 is 0. The number of nitrogens with two attached hydrogens (primary N) is 1. The molecule has 1 amide bonds. The molecular formula is C12H14Cl2N4O. The van der Waals surface area contributed by atoms with Gasteiger partial charge in [-0.3, -0.25) is 4.79 Å². The minimum atomic E-state index is -0.249. The Kier molecular flexibility index (Phi) is 3.27. The van der Waals surface area contributed by atoms with Crippen LogP contribution in [0.4, 0.5) is 5.82 Å². The maximum atomic E-state index is 11.6. The van der Waals surface area contributed by atoms with Gasteiger partial charge < -0.3 is 11.1 Å². The first-order valence-electron chi connectivity index (χ1n) is 6.30. The van der Waals surface area contributed by atoms with Gasteiger partial charge in [-0.15, -0.1) is 0 Å². The van der Waals surface area contributed by atoms with Gasteiger partial charge in [0.1, 0.15) is 10.8 Å². The molecule has 0 spiro atoms. The number of hydrogen-bond acceptors (Lipinski definition) is 4. The number of halogens is 2. The number of carbonyl (C=O) groups excluding carboxylic acids is 1.